The van der Waals surface area contributed by atoms with E-state index in [9.17, 15) is 4.79 Å². The fourth-order valence-electron chi connectivity index (χ4n) is 4.48. The molecule has 0 aromatic carbocycles. The molecule has 1 unspecified atom stereocenters. The normalized spacial score (nSPS) is 16.0. The Morgan fingerprint density at radius 3 is 3.06 bits per heavy atom. The number of amides is 1. The Morgan fingerprint density at radius 1 is 1.25 bits per heavy atom. The van der Waals surface area contributed by atoms with Crippen LogP contribution in [0.1, 0.15) is 39.0 Å². The number of aromatic amines is 1. The molecule has 1 atom stereocenters. The number of rotatable bonds is 4. The fraction of sp³-hybridized carbons (Fsp3) is 0.217. The van der Waals surface area contributed by atoms with Gasteiger partial charge in [0.1, 0.15) is 6.04 Å². The molecule has 5 aromatic heterocycles. The number of aromatic nitrogens is 6. The average Bonchev–Trinajstić information content (AvgIpc) is 3.55. The second-order valence-corrected chi connectivity index (χ2v) is 7.92. The summed E-state index contributed by atoms with van der Waals surface area (Å²) >= 11 is 0. The summed E-state index contributed by atoms with van der Waals surface area (Å²) in [5, 5.41) is 9.17. The van der Waals surface area contributed by atoms with Crippen molar-refractivity contribution in [1.82, 2.24) is 34.1 Å². The number of hydrogen-bond acceptors (Lipinski definition) is 5. The highest BCUT2D eigenvalue weighted by atomic mass is 16.5. The maximum atomic E-state index is 13.8. The lowest BCUT2D eigenvalue weighted by atomic mass is 9.98. The van der Waals surface area contributed by atoms with Gasteiger partial charge in [-0.2, -0.15) is 10.2 Å². The number of carbonyl (C=O) groups excluding carboxylic acids is 1. The number of carbonyl (C=O) groups is 1. The van der Waals surface area contributed by atoms with Crippen molar-refractivity contribution < 1.29 is 9.53 Å². The number of pyridine rings is 2. The van der Waals surface area contributed by atoms with Gasteiger partial charge in [-0.25, -0.2) is 14.0 Å². The maximum absolute atomic E-state index is 13.8. The molecular weight excluding hydrogens is 406 g/mol. The Kier molecular flexibility index (Phi) is 4.29. The van der Waals surface area contributed by atoms with Gasteiger partial charge in [0.25, 0.3) is 5.91 Å². The van der Waals surface area contributed by atoms with E-state index in [2.05, 4.69) is 15.1 Å². The third-order valence-electron chi connectivity index (χ3n) is 5.97. The van der Waals surface area contributed by atoms with E-state index >= 15 is 0 Å². The molecule has 9 nitrogen and oxygen atoms in total. The SMILES string of the molecule is COCc1ccc2c(C(=O)N3CCc4[nH]cnc4C3c3cc4ccccn4n3)cnn2c1. The molecule has 9 heteroatoms. The molecule has 0 saturated heterocycles. The molecule has 5 aromatic rings. The Labute approximate surface area is 183 Å². The molecule has 0 aliphatic carbocycles. The van der Waals surface area contributed by atoms with Crippen molar-refractivity contribution in [2.75, 3.05) is 13.7 Å². The minimum Gasteiger partial charge on any atom is -0.380 e. The molecule has 32 heavy (non-hydrogen) atoms. The summed E-state index contributed by atoms with van der Waals surface area (Å²) in [6.07, 6.45) is 7.82. The Bertz CT molecular complexity index is 1410. The topological polar surface area (TPSA) is 92.8 Å². The Hall–Kier alpha value is -3.98. The lowest BCUT2D eigenvalue weighted by Crippen LogP contribution is -2.41. The molecule has 0 saturated carbocycles. The van der Waals surface area contributed by atoms with Crippen LogP contribution in [0.2, 0.25) is 0 Å². The third-order valence-corrected chi connectivity index (χ3v) is 5.97. The summed E-state index contributed by atoms with van der Waals surface area (Å²) in [5.74, 6) is -0.0878. The average molecular weight is 427 g/mol. The Morgan fingerprint density at radius 2 is 2.19 bits per heavy atom. The molecule has 160 valence electrons. The van der Waals surface area contributed by atoms with Gasteiger partial charge in [0, 0.05) is 38.2 Å². The number of nitrogens with zero attached hydrogens (tertiary/aromatic N) is 6. The molecule has 1 aliphatic heterocycles. The van der Waals surface area contributed by atoms with Crippen LogP contribution >= 0.6 is 0 Å². The molecule has 6 heterocycles. The summed E-state index contributed by atoms with van der Waals surface area (Å²) in [4.78, 5) is 23.4. The van der Waals surface area contributed by atoms with Crippen molar-refractivity contribution >= 4 is 16.9 Å². The van der Waals surface area contributed by atoms with E-state index in [4.69, 9.17) is 9.84 Å². The summed E-state index contributed by atoms with van der Waals surface area (Å²) in [5.41, 5.74) is 5.95. The van der Waals surface area contributed by atoms with Gasteiger partial charge in [-0.1, -0.05) is 12.1 Å². The minimum atomic E-state index is -0.375. The zero-order valence-corrected chi connectivity index (χ0v) is 17.5. The van der Waals surface area contributed by atoms with Crippen LogP contribution in [0, 0.1) is 0 Å². The molecule has 0 radical (unpaired) electrons. The van der Waals surface area contributed by atoms with E-state index in [-0.39, 0.29) is 11.9 Å². The van der Waals surface area contributed by atoms with Crippen LogP contribution in [0.5, 0.6) is 0 Å². The molecular formula is C23H21N7O2. The van der Waals surface area contributed by atoms with Crippen molar-refractivity contribution in [3.8, 4) is 0 Å². The second kappa shape index (κ2) is 7.31. The first-order valence-corrected chi connectivity index (χ1v) is 10.5. The zero-order valence-electron chi connectivity index (χ0n) is 17.5. The third kappa shape index (κ3) is 2.89. The highest BCUT2D eigenvalue weighted by molar-refractivity contribution is 6.01. The van der Waals surface area contributed by atoms with Gasteiger partial charge in [-0.05, 0) is 29.8 Å². The molecule has 6 rings (SSSR count). The zero-order chi connectivity index (χ0) is 21.7. The molecule has 0 bridgehead atoms. The summed E-state index contributed by atoms with van der Waals surface area (Å²) < 4.78 is 8.76. The van der Waals surface area contributed by atoms with Gasteiger partial charge in [0.15, 0.2) is 0 Å². The van der Waals surface area contributed by atoms with Crippen LogP contribution in [-0.2, 0) is 17.8 Å². The van der Waals surface area contributed by atoms with E-state index in [0.717, 1.165) is 33.7 Å². The lowest BCUT2D eigenvalue weighted by Gasteiger charge is -2.33. The van der Waals surface area contributed by atoms with Crippen LogP contribution in [0.25, 0.3) is 11.0 Å². The Balaban J connectivity index is 1.43. The van der Waals surface area contributed by atoms with Crippen molar-refractivity contribution in [1.29, 1.82) is 0 Å². The first-order chi connectivity index (χ1) is 15.7. The number of ether oxygens (including phenoxy) is 1. The largest absolute Gasteiger partial charge is 0.380 e. The number of hydrogen-bond donors (Lipinski definition) is 1. The highest BCUT2D eigenvalue weighted by Gasteiger charge is 2.37. The van der Waals surface area contributed by atoms with E-state index in [1.54, 1.807) is 24.1 Å². The molecule has 1 N–H and O–H groups in total. The van der Waals surface area contributed by atoms with Crippen molar-refractivity contribution in [3.63, 3.8) is 0 Å². The highest BCUT2D eigenvalue weighted by Crippen LogP contribution is 2.34. The summed E-state index contributed by atoms with van der Waals surface area (Å²) in [6, 6.07) is 11.4. The van der Waals surface area contributed by atoms with E-state index in [0.29, 0.717) is 25.1 Å². The number of imidazole rings is 1. The second-order valence-electron chi connectivity index (χ2n) is 7.92. The predicted molar refractivity (Wildman–Crippen MR) is 116 cm³/mol. The van der Waals surface area contributed by atoms with Gasteiger partial charge in [0.05, 0.1) is 47.1 Å². The van der Waals surface area contributed by atoms with Gasteiger partial charge in [0.2, 0.25) is 0 Å². The predicted octanol–water partition coefficient (Wildman–Crippen LogP) is 2.64. The molecule has 1 aliphatic rings. The van der Waals surface area contributed by atoms with Crippen molar-refractivity contribution in [3.05, 3.63) is 89.5 Å². The number of nitrogens with one attached hydrogen (secondary N) is 1. The standard InChI is InChI=1S/C23H21N7O2/c1-32-13-15-5-6-20-17(11-26-30(20)12-15)23(31)28-9-7-18-21(25-14-24-18)22(28)19-10-16-4-2-3-8-29(16)27-19/h2-6,8,10-12,14,22H,7,9,13H2,1H3,(H,24,25). The molecule has 0 fully saturated rings. The number of fused-ring (bicyclic) bond motifs is 3. The van der Waals surface area contributed by atoms with E-state index < -0.39 is 0 Å². The quantitative estimate of drug-likeness (QED) is 0.476. The van der Waals surface area contributed by atoms with E-state index in [1.807, 2.05) is 58.2 Å². The molecule has 0 spiro atoms. The van der Waals surface area contributed by atoms with Crippen molar-refractivity contribution in [2.45, 2.75) is 19.1 Å². The maximum Gasteiger partial charge on any atom is 0.258 e. The van der Waals surface area contributed by atoms with Crippen LogP contribution < -0.4 is 0 Å². The monoisotopic (exact) mass is 427 g/mol. The first kappa shape index (κ1) is 18.8. The molecule has 1 amide bonds. The minimum absolute atomic E-state index is 0.0878. The van der Waals surface area contributed by atoms with Gasteiger partial charge in [-0.3, -0.25) is 4.79 Å². The summed E-state index contributed by atoms with van der Waals surface area (Å²) in [6.45, 7) is 1.05. The summed E-state index contributed by atoms with van der Waals surface area (Å²) in [7, 11) is 1.65. The van der Waals surface area contributed by atoms with Crippen molar-refractivity contribution in [2.24, 2.45) is 0 Å². The van der Waals surface area contributed by atoms with E-state index in [1.165, 1.54) is 0 Å². The van der Waals surface area contributed by atoms with Crippen LogP contribution in [-0.4, -0.2) is 53.7 Å². The fourth-order valence-corrected chi connectivity index (χ4v) is 4.48. The van der Waals surface area contributed by atoms with Gasteiger partial charge < -0.3 is 14.6 Å². The van der Waals surface area contributed by atoms with Gasteiger partial charge >= 0.3 is 0 Å². The van der Waals surface area contributed by atoms with Gasteiger partial charge in [-0.15, -0.1) is 0 Å². The lowest BCUT2D eigenvalue weighted by molar-refractivity contribution is 0.0689. The number of methoxy groups -OCH3 is 1. The smallest absolute Gasteiger partial charge is 0.258 e. The van der Waals surface area contributed by atoms with Crippen LogP contribution in [0.4, 0.5) is 0 Å². The first-order valence-electron chi connectivity index (χ1n) is 10.5. The van der Waals surface area contributed by atoms with Crippen LogP contribution in [0.3, 0.4) is 0 Å². The number of H-pyrrole nitrogens is 1. The van der Waals surface area contributed by atoms with Crippen LogP contribution in [0.15, 0.2) is 61.3 Å².